The fourth-order valence-electron chi connectivity index (χ4n) is 1.13. The predicted molar refractivity (Wildman–Crippen MR) is 56.6 cm³/mol. The average Bonchev–Trinajstić information content (AvgIpc) is 2.16. The number of ether oxygens (including phenoxy) is 1. The Morgan fingerprint density at radius 3 is 2.85 bits per heavy atom. The van der Waals surface area contributed by atoms with Gasteiger partial charge in [0.15, 0.2) is 0 Å². The second-order valence-electron chi connectivity index (χ2n) is 3.16. The summed E-state index contributed by atoms with van der Waals surface area (Å²) in [5.41, 5.74) is 0. The summed E-state index contributed by atoms with van der Waals surface area (Å²) in [6, 6.07) is 0.458. The van der Waals surface area contributed by atoms with E-state index in [1.165, 1.54) is 0 Å². The molecule has 0 aromatic heterocycles. The van der Waals surface area contributed by atoms with Crippen molar-refractivity contribution in [3.8, 4) is 12.3 Å². The molecule has 76 valence electrons. The summed E-state index contributed by atoms with van der Waals surface area (Å²) >= 11 is 0. The van der Waals surface area contributed by atoms with Gasteiger partial charge in [-0.05, 0) is 26.3 Å². The predicted octanol–water partition coefficient (Wildman–Crippen LogP) is 1.80. The summed E-state index contributed by atoms with van der Waals surface area (Å²) in [6.45, 7) is 3.77. The standard InChI is InChI=1S/C11H21NO/c1-4-6-7-8-11(12-3)10-13-9-5-2/h1,11-12H,5-10H2,2-3H3. The topological polar surface area (TPSA) is 21.3 Å². The second-order valence-corrected chi connectivity index (χ2v) is 3.16. The van der Waals surface area contributed by atoms with Gasteiger partial charge in [-0.15, -0.1) is 12.3 Å². The Kier molecular flexibility index (Phi) is 9.18. The minimum Gasteiger partial charge on any atom is -0.380 e. The van der Waals surface area contributed by atoms with E-state index in [1.807, 2.05) is 7.05 Å². The highest BCUT2D eigenvalue weighted by atomic mass is 16.5. The number of terminal acetylenes is 1. The lowest BCUT2D eigenvalue weighted by Gasteiger charge is -2.15. The average molecular weight is 183 g/mol. The van der Waals surface area contributed by atoms with Crippen LogP contribution in [0.25, 0.3) is 0 Å². The maximum absolute atomic E-state index is 5.45. The van der Waals surface area contributed by atoms with Crippen LogP contribution in [0.3, 0.4) is 0 Å². The lowest BCUT2D eigenvalue weighted by atomic mass is 10.1. The summed E-state index contributed by atoms with van der Waals surface area (Å²) in [4.78, 5) is 0. The highest BCUT2D eigenvalue weighted by molar-refractivity contribution is 4.83. The van der Waals surface area contributed by atoms with E-state index >= 15 is 0 Å². The quantitative estimate of drug-likeness (QED) is 0.458. The number of hydrogen-bond donors (Lipinski definition) is 1. The van der Waals surface area contributed by atoms with Crippen LogP contribution in [0.2, 0.25) is 0 Å². The molecule has 0 fully saturated rings. The Morgan fingerprint density at radius 2 is 2.31 bits per heavy atom. The Morgan fingerprint density at radius 1 is 1.54 bits per heavy atom. The molecule has 2 heteroatoms. The molecule has 1 unspecified atom stereocenters. The zero-order valence-corrected chi connectivity index (χ0v) is 8.81. The van der Waals surface area contributed by atoms with E-state index in [9.17, 15) is 0 Å². The Labute approximate surface area is 82.1 Å². The highest BCUT2D eigenvalue weighted by Gasteiger charge is 2.04. The molecule has 0 rings (SSSR count). The molecule has 0 radical (unpaired) electrons. The van der Waals surface area contributed by atoms with Crippen LogP contribution in [0.1, 0.15) is 32.6 Å². The smallest absolute Gasteiger partial charge is 0.0619 e. The van der Waals surface area contributed by atoms with E-state index in [4.69, 9.17) is 11.2 Å². The van der Waals surface area contributed by atoms with Crippen LogP contribution in [0.4, 0.5) is 0 Å². The summed E-state index contributed by atoms with van der Waals surface area (Å²) < 4.78 is 5.45. The van der Waals surface area contributed by atoms with Crippen molar-refractivity contribution in [3.05, 3.63) is 0 Å². The first kappa shape index (κ1) is 12.5. The third-order valence-electron chi connectivity index (χ3n) is 1.95. The maximum atomic E-state index is 5.45. The van der Waals surface area contributed by atoms with Crippen LogP contribution < -0.4 is 5.32 Å². The van der Waals surface area contributed by atoms with Crippen LogP contribution in [-0.2, 0) is 4.74 Å². The number of nitrogens with one attached hydrogen (secondary N) is 1. The first-order valence-corrected chi connectivity index (χ1v) is 5.03. The van der Waals surface area contributed by atoms with Gasteiger partial charge in [0.25, 0.3) is 0 Å². The Balaban J connectivity index is 3.35. The lowest BCUT2D eigenvalue weighted by Crippen LogP contribution is -2.30. The fraction of sp³-hybridized carbons (Fsp3) is 0.818. The summed E-state index contributed by atoms with van der Waals surface area (Å²) in [5.74, 6) is 2.65. The lowest BCUT2D eigenvalue weighted by molar-refractivity contribution is 0.111. The monoisotopic (exact) mass is 183 g/mol. The Bertz CT molecular complexity index is 140. The van der Waals surface area contributed by atoms with Gasteiger partial charge < -0.3 is 10.1 Å². The van der Waals surface area contributed by atoms with Crippen molar-refractivity contribution in [3.63, 3.8) is 0 Å². The van der Waals surface area contributed by atoms with Crippen LogP contribution >= 0.6 is 0 Å². The molecule has 0 aromatic rings. The van der Waals surface area contributed by atoms with Crippen molar-refractivity contribution in [2.24, 2.45) is 0 Å². The van der Waals surface area contributed by atoms with E-state index in [1.54, 1.807) is 0 Å². The van der Waals surface area contributed by atoms with Crippen molar-refractivity contribution < 1.29 is 4.74 Å². The number of unbranched alkanes of at least 4 members (excludes halogenated alkanes) is 1. The van der Waals surface area contributed by atoms with Gasteiger partial charge in [-0.3, -0.25) is 0 Å². The van der Waals surface area contributed by atoms with Gasteiger partial charge in [-0.1, -0.05) is 6.92 Å². The summed E-state index contributed by atoms with van der Waals surface area (Å²) in [7, 11) is 1.97. The van der Waals surface area contributed by atoms with E-state index in [0.717, 1.165) is 38.9 Å². The first-order valence-electron chi connectivity index (χ1n) is 5.03. The summed E-state index contributed by atoms with van der Waals surface area (Å²) in [5, 5.41) is 3.23. The summed E-state index contributed by atoms with van der Waals surface area (Å²) in [6.07, 6.45) is 9.31. The number of hydrogen-bond acceptors (Lipinski definition) is 2. The van der Waals surface area contributed by atoms with Crippen LogP contribution in [0.15, 0.2) is 0 Å². The number of likely N-dealkylation sites (N-methyl/N-ethyl adjacent to an activating group) is 1. The second kappa shape index (κ2) is 9.57. The molecule has 13 heavy (non-hydrogen) atoms. The normalized spacial score (nSPS) is 12.4. The van der Waals surface area contributed by atoms with Gasteiger partial charge >= 0.3 is 0 Å². The van der Waals surface area contributed by atoms with Gasteiger partial charge in [-0.2, -0.15) is 0 Å². The SMILES string of the molecule is C#CCCCC(COCCC)NC. The molecule has 0 heterocycles. The van der Waals surface area contributed by atoms with E-state index < -0.39 is 0 Å². The maximum Gasteiger partial charge on any atom is 0.0619 e. The van der Waals surface area contributed by atoms with E-state index in [-0.39, 0.29) is 0 Å². The molecule has 0 aromatic carbocycles. The van der Waals surface area contributed by atoms with Gasteiger partial charge in [0, 0.05) is 19.1 Å². The minimum absolute atomic E-state index is 0.458. The molecular formula is C11H21NO. The Hall–Kier alpha value is -0.520. The van der Waals surface area contributed by atoms with E-state index in [0.29, 0.717) is 6.04 Å². The molecule has 0 saturated carbocycles. The molecule has 0 amide bonds. The molecule has 1 N–H and O–H groups in total. The van der Waals surface area contributed by atoms with Gasteiger partial charge in [-0.25, -0.2) is 0 Å². The van der Waals surface area contributed by atoms with Crippen molar-refractivity contribution in [2.75, 3.05) is 20.3 Å². The van der Waals surface area contributed by atoms with Crippen molar-refractivity contribution >= 4 is 0 Å². The minimum atomic E-state index is 0.458. The van der Waals surface area contributed by atoms with Crippen molar-refractivity contribution in [1.82, 2.24) is 5.32 Å². The fourth-order valence-corrected chi connectivity index (χ4v) is 1.13. The third kappa shape index (κ3) is 7.83. The third-order valence-corrected chi connectivity index (χ3v) is 1.95. The van der Waals surface area contributed by atoms with Crippen molar-refractivity contribution in [1.29, 1.82) is 0 Å². The molecular weight excluding hydrogens is 162 g/mol. The molecule has 0 aliphatic rings. The number of rotatable bonds is 8. The molecule has 0 aliphatic carbocycles. The van der Waals surface area contributed by atoms with Crippen LogP contribution in [0.5, 0.6) is 0 Å². The van der Waals surface area contributed by atoms with Gasteiger partial charge in [0.2, 0.25) is 0 Å². The van der Waals surface area contributed by atoms with Crippen LogP contribution in [-0.4, -0.2) is 26.3 Å². The molecule has 1 atom stereocenters. The van der Waals surface area contributed by atoms with Crippen LogP contribution in [0, 0.1) is 12.3 Å². The molecule has 0 aliphatic heterocycles. The van der Waals surface area contributed by atoms with Crippen molar-refractivity contribution in [2.45, 2.75) is 38.6 Å². The van der Waals surface area contributed by atoms with E-state index in [2.05, 4.69) is 18.2 Å². The first-order chi connectivity index (χ1) is 6.35. The highest BCUT2D eigenvalue weighted by Crippen LogP contribution is 2.00. The largest absolute Gasteiger partial charge is 0.380 e. The molecule has 0 saturated heterocycles. The zero-order chi connectivity index (χ0) is 9.94. The molecule has 0 spiro atoms. The molecule has 2 nitrogen and oxygen atoms in total. The van der Waals surface area contributed by atoms with Gasteiger partial charge in [0.1, 0.15) is 0 Å². The van der Waals surface area contributed by atoms with Gasteiger partial charge in [0.05, 0.1) is 6.61 Å². The molecule has 0 bridgehead atoms. The zero-order valence-electron chi connectivity index (χ0n) is 8.81.